The van der Waals surface area contributed by atoms with Crippen LogP contribution >= 0.6 is 0 Å². The predicted molar refractivity (Wildman–Crippen MR) is 71.3 cm³/mol. The molecule has 5 heteroatoms. The molecule has 19 heavy (non-hydrogen) atoms. The van der Waals surface area contributed by atoms with Gasteiger partial charge in [0.25, 0.3) is 0 Å². The van der Waals surface area contributed by atoms with Crippen molar-refractivity contribution in [2.45, 2.75) is 45.8 Å². The van der Waals surface area contributed by atoms with Crippen LogP contribution in [0.2, 0.25) is 0 Å². The van der Waals surface area contributed by atoms with Gasteiger partial charge in [-0.1, -0.05) is 26.0 Å². The molecule has 0 amide bonds. The summed E-state index contributed by atoms with van der Waals surface area (Å²) in [6.45, 7) is 5.74. The first-order valence-corrected chi connectivity index (χ1v) is 6.49. The maximum atomic E-state index is 11.0. The molecule has 2 rings (SSSR count). The van der Waals surface area contributed by atoms with Crippen LogP contribution in [0, 0.1) is 22.5 Å². The monoisotopic (exact) mass is 265 g/mol. The molecule has 3 atom stereocenters. The van der Waals surface area contributed by atoms with Crippen LogP contribution in [-0.4, -0.2) is 22.2 Å². The molecule has 0 bridgehead atoms. The number of hydrogen-bond acceptors (Lipinski definition) is 4. The van der Waals surface area contributed by atoms with E-state index in [0.717, 1.165) is 12.0 Å². The fourth-order valence-electron chi connectivity index (χ4n) is 2.52. The van der Waals surface area contributed by atoms with Crippen LogP contribution in [0.5, 0.6) is 5.75 Å². The molecule has 0 saturated heterocycles. The fourth-order valence-corrected chi connectivity index (χ4v) is 2.52. The Morgan fingerprint density at radius 1 is 1.58 bits per heavy atom. The molecular formula is C14H19NO4. The van der Waals surface area contributed by atoms with Crippen molar-refractivity contribution < 1.29 is 14.8 Å². The fraction of sp³-hybridized carbons (Fsp3) is 0.571. The Labute approximate surface area is 112 Å². The van der Waals surface area contributed by atoms with E-state index in [1.54, 1.807) is 19.1 Å². The summed E-state index contributed by atoms with van der Waals surface area (Å²) in [4.78, 5) is 10.6. The molecule has 3 unspecified atom stereocenters. The van der Waals surface area contributed by atoms with Gasteiger partial charge >= 0.3 is 5.69 Å². The molecule has 1 fully saturated rings. The Balaban J connectivity index is 2.28. The average Bonchev–Trinajstić information content (AvgIpc) is 2.38. The summed E-state index contributed by atoms with van der Waals surface area (Å²) in [5.74, 6) is 0.323. The van der Waals surface area contributed by atoms with Gasteiger partial charge in [-0.2, -0.15) is 0 Å². The van der Waals surface area contributed by atoms with E-state index >= 15 is 0 Å². The number of benzene rings is 1. The minimum absolute atomic E-state index is 0.0140. The zero-order valence-electron chi connectivity index (χ0n) is 11.4. The van der Waals surface area contributed by atoms with Gasteiger partial charge in [-0.15, -0.1) is 0 Å². The second kappa shape index (κ2) is 4.81. The maximum absolute atomic E-state index is 11.0. The molecule has 0 aromatic heterocycles. The summed E-state index contributed by atoms with van der Waals surface area (Å²) >= 11 is 0. The minimum atomic E-state index is -0.430. The highest BCUT2D eigenvalue weighted by Gasteiger charge is 2.52. The van der Waals surface area contributed by atoms with Crippen molar-refractivity contribution in [3.63, 3.8) is 0 Å². The zero-order chi connectivity index (χ0) is 14.2. The minimum Gasteiger partial charge on any atom is -0.483 e. The van der Waals surface area contributed by atoms with Gasteiger partial charge in [0.15, 0.2) is 5.75 Å². The quantitative estimate of drug-likeness (QED) is 0.671. The number of aryl methyl sites for hydroxylation is 1. The van der Waals surface area contributed by atoms with E-state index in [1.807, 2.05) is 13.8 Å². The Kier molecular flexibility index (Phi) is 3.49. The van der Waals surface area contributed by atoms with Gasteiger partial charge in [0, 0.05) is 17.9 Å². The van der Waals surface area contributed by atoms with Gasteiger partial charge in [0.05, 0.1) is 11.0 Å². The predicted octanol–water partition coefficient (Wildman–Crippen LogP) is 2.83. The number of hydrogen-bond donors (Lipinski definition) is 1. The van der Waals surface area contributed by atoms with E-state index in [9.17, 15) is 15.2 Å². The van der Waals surface area contributed by atoms with Gasteiger partial charge in [-0.3, -0.25) is 10.1 Å². The Morgan fingerprint density at radius 3 is 2.79 bits per heavy atom. The maximum Gasteiger partial charge on any atom is 0.311 e. The normalized spacial score (nSPS) is 29.7. The lowest BCUT2D eigenvalue weighted by Crippen LogP contribution is -2.57. The first kappa shape index (κ1) is 13.8. The third-order valence-electron chi connectivity index (χ3n) is 4.34. The molecular weight excluding hydrogens is 246 g/mol. The molecule has 1 aliphatic carbocycles. The molecule has 0 radical (unpaired) electrons. The standard InChI is InChI=1S/C14H19NO4/c1-4-14(3)11(16)8-12(14)19-13-9(2)6-5-7-10(13)15(17)18/h5-7,11-12,16H,4,8H2,1-3H3. The smallest absolute Gasteiger partial charge is 0.311 e. The number of ether oxygens (including phenoxy) is 1. The molecule has 1 aromatic rings. The first-order valence-electron chi connectivity index (χ1n) is 6.49. The molecule has 0 spiro atoms. The van der Waals surface area contributed by atoms with Gasteiger partial charge in [-0.25, -0.2) is 0 Å². The summed E-state index contributed by atoms with van der Waals surface area (Å²) in [6, 6.07) is 4.89. The molecule has 1 aromatic carbocycles. The second-order valence-electron chi connectivity index (χ2n) is 5.40. The second-order valence-corrected chi connectivity index (χ2v) is 5.40. The van der Waals surface area contributed by atoms with E-state index in [0.29, 0.717) is 12.2 Å². The third kappa shape index (κ3) is 2.18. The number of nitrogens with zero attached hydrogens (tertiary/aromatic N) is 1. The van der Waals surface area contributed by atoms with Crippen molar-refractivity contribution in [3.8, 4) is 5.75 Å². The summed E-state index contributed by atoms with van der Waals surface area (Å²) in [6.07, 6.45) is 0.729. The van der Waals surface area contributed by atoms with Crippen molar-refractivity contribution in [3.05, 3.63) is 33.9 Å². The SMILES string of the molecule is CCC1(C)C(O)CC1Oc1c(C)cccc1[N+](=O)[O-]. The van der Waals surface area contributed by atoms with Gasteiger partial charge < -0.3 is 9.84 Å². The van der Waals surface area contributed by atoms with Crippen molar-refractivity contribution in [1.82, 2.24) is 0 Å². The van der Waals surface area contributed by atoms with E-state index < -0.39 is 11.0 Å². The zero-order valence-corrected chi connectivity index (χ0v) is 11.4. The van der Waals surface area contributed by atoms with Gasteiger partial charge in [0.2, 0.25) is 0 Å². The van der Waals surface area contributed by atoms with Crippen LogP contribution in [0.25, 0.3) is 0 Å². The van der Waals surface area contributed by atoms with E-state index in [1.165, 1.54) is 6.07 Å². The first-order chi connectivity index (χ1) is 8.90. The van der Waals surface area contributed by atoms with E-state index in [2.05, 4.69) is 0 Å². The highest BCUT2D eigenvalue weighted by atomic mass is 16.6. The summed E-state index contributed by atoms with van der Waals surface area (Å²) < 4.78 is 5.85. The molecule has 1 N–H and O–H groups in total. The Morgan fingerprint density at radius 2 is 2.26 bits per heavy atom. The number of rotatable bonds is 4. The molecule has 104 valence electrons. The van der Waals surface area contributed by atoms with Gasteiger partial charge in [-0.05, 0) is 18.9 Å². The topological polar surface area (TPSA) is 72.6 Å². The van der Waals surface area contributed by atoms with Crippen LogP contribution in [0.1, 0.15) is 32.3 Å². The number of aliphatic hydroxyl groups is 1. The molecule has 0 heterocycles. The number of aliphatic hydroxyl groups excluding tert-OH is 1. The van der Waals surface area contributed by atoms with E-state index in [-0.39, 0.29) is 17.2 Å². The van der Waals surface area contributed by atoms with Crippen LogP contribution in [0.15, 0.2) is 18.2 Å². The highest BCUT2D eigenvalue weighted by Crippen LogP contribution is 2.47. The number of para-hydroxylation sites is 1. The average molecular weight is 265 g/mol. The lowest BCUT2D eigenvalue weighted by molar-refractivity contribution is -0.386. The third-order valence-corrected chi connectivity index (χ3v) is 4.34. The van der Waals surface area contributed by atoms with Crippen molar-refractivity contribution in [2.75, 3.05) is 0 Å². The van der Waals surface area contributed by atoms with E-state index in [4.69, 9.17) is 4.74 Å². The van der Waals surface area contributed by atoms with Crippen molar-refractivity contribution in [1.29, 1.82) is 0 Å². The molecule has 5 nitrogen and oxygen atoms in total. The summed E-state index contributed by atoms with van der Waals surface area (Å²) in [5, 5.41) is 20.9. The largest absolute Gasteiger partial charge is 0.483 e. The molecule has 1 aliphatic rings. The Bertz CT molecular complexity index is 502. The van der Waals surface area contributed by atoms with Gasteiger partial charge in [0.1, 0.15) is 6.10 Å². The molecule has 1 saturated carbocycles. The Hall–Kier alpha value is -1.62. The lowest BCUT2D eigenvalue weighted by atomic mass is 9.63. The van der Waals surface area contributed by atoms with Crippen molar-refractivity contribution in [2.24, 2.45) is 5.41 Å². The number of nitro groups is 1. The van der Waals surface area contributed by atoms with Crippen LogP contribution in [0.4, 0.5) is 5.69 Å². The number of nitro benzene ring substituents is 1. The molecule has 0 aliphatic heterocycles. The van der Waals surface area contributed by atoms with Crippen molar-refractivity contribution >= 4 is 5.69 Å². The summed E-state index contributed by atoms with van der Waals surface area (Å²) in [7, 11) is 0. The lowest BCUT2D eigenvalue weighted by Gasteiger charge is -2.50. The van der Waals surface area contributed by atoms with Crippen LogP contribution in [0.3, 0.4) is 0 Å². The van der Waals surface area contributed by atoms with Crippen LogP contribution in [-0.2, 0) is 0 Å². The highest BCUT2D eigenvalue weighted by molar-refractivity contribution is 5.51. The summed E-state index contributed by atoms with van der Waals surface area (Å²) in [5.41, 5.74) is 0.407. The van der Waals surface area contributed by atoms with Crippen LogP contribution < -0.4 is 4.74 Å².